The molecule has 0 saturated carbocycles. The van der Waals surface area contributed by atoms with E-state index in [-0.39, 0.29) is 18.1 Å². The van der Waals surface area contributed by atoms with Gasteiger partial charge in [0, 0.05) is 44.5 Å². The van der Waals surface area contributed by atoms with Crippen LogP contribution >= 0.6 is 0 Å². The van der Waals surface area contributed by atoms with Gasteiger partial charge in [0.05, 0.1) is 6.61 Å². The summed E-state index contributed by atoms with van der Waals surface area (Å²) < 4.78 is 0. The molecule has 0 aliphatic carbocycles. The number of piperazine rings is 1. The van der Waals surface area contributed by atoms with Gasteiger partial charge >= 0.3 is 0 Å². The number of anilines is 1. The van der Waals surface area contributed by atoms with Gasteiger partial charge in [0.25, 0.3) is 0 Å². The first-order valence-electron chi connectivity index (χ1n) is 5.81. The summed E-state index contributed by atoms with van der Waals surface area (Å²) in [6, 6.07) is 4.89. The highest BCUT2D eigenvalue weighted by atomic mass is 16.3. The van der Waals surface area contributed by atoms with E-state index >= 15 is 0 Å². The maximum absolute atomic E-state index is 9.45. The number of rotatable bonds is 3. The number of hydrogen-bond acceptors (Lipinski definition) is 5. The van der Waals surface area contributed by atoms with Gasteiger partial charge in [0.1, 0.15) is 0 Å². The molecule has 0 atom stereocenters. The predicted octanol–water partition coefficient (Wildman–Crippen LogP) is 0.212. The summed E-state index contributed by atoms with van der Waals surface area (Å²) in [5, 5.41) is 27.5. The molecule has 5 nitrogen and oxygen atoms in total. The smallest absolute Gasteiger partial charge is 0.159 e. The van der Waals surface area contributed by atoms with Crippen molar-refractivity contribution < 1.29 is 15.3 Å². The Balaban J connectivity index is 1.98. The van der Waals surface area contributed by atoms with Crippen molar-refractivity contribution in [3.05, 3.63) is 18.2 Å². The lowest BCUT2D eigenvalue weighted by Gasteiger charge is -2.35. The molecule has 1 saturated heterocycles. The van der Waals surface area contributed by atoms with Gasteiger partial charge in [-0.05, 0) is 12.1 Å². The molecule has 3 N–H and O–H groups in total. The van der Waals surface area contributed by atoms with Gasteiger partial charge in [-0.2, -0.15) is 0 Å². The summed E-state index contributed by atoms with van der Waals surface area (Å²) >= 11 is 0. The number of β-amino-alcohol motifs (C(OH)–C–C–N with tert-alkyl or cyclic N) is 1. The molecule has 0 spiro atoms. The molecule has 1 aliphatic heterocycles. The Kier molecular flexibility index (Phi) is 3.71. The molecule has 1 aromatic carbocycles. The van der Waals surface area contributed by atoms with Crippen molar-refractivity contribution in [2.45, 2.75) is 0 Å². The number of phenols is 2. The van der Waals surface area contributed by atoms with Crippen LogP contribution in [-0.2, 0) is 0 Å². The highest BCUT2D eigenvalue weighted by molar-refractivity contribution is 5.55. The van der Waals surface area contributed by atoms with Gasteiger partial charge in [-0.1, -0.05) is 0 Å². The van der Waals surface area contributed by atoms with Crippen molar-refractivity contribution in [2.24, 2.45) is 0 Å². The highest BCUT2D eigenvalue weighted by Gasteiger charge is 2.17. The maximum Gasteiger partial charge on any atom is 0.159 e. The molecule has 94 valence electrons. The van der Waals surface area contributed by atoms with E-state index in [1.165, 1.54) is 6.07 Å². The minimum Gasteiger partial charge on any atom is -0.504 e. The topological polar surface area (TPSA) is 67.2 Å². The van der Waals surface area contributed by atoms with Crippen LogP contribution in [0.2, 0.25) is 0 Å². The maximum atomic E-state index is 9.45. The summed E-state index contributed by atoms with van der Waals surface area (Å²) in [4.78, 5) is 4.36. The third-order valence-electron chi connectivity index (χ3n) is 3.11. The number of nitrogens with zero attached hydrogens (tertiary/aromatic N) is 2. The van der Waals surface area contributed by atoms with E-state index in [0.717, 1.165) is 31.9 Å². The predicted molar refractivity (Wildman–Crippen MR) is 65.5 cm³/mol. The normalized spacial score (nSPS) is 17.4. The van der Waals surface area contributed by atoms with E-state index in [0.29, 0.717) is 6.54 Å². The van der Waals surface area contributed by atoms with Crippen LogP contribution in [0.1, 0.15) is 0 Å². The minimum atomic E-state index is -0.0901. The van der Waals surface area contributed by atoms with Crippen LogP contribution in [0.4, 0.5) is 5.69 Å². The van der Waals surface area contributed by atoms with Crippen molar-refractivity contribution in [2.75, 3.05) is 44.2 Å². The van der Waals surface area contributed by atoms with Gasteiger partial charge in [-0.25, -0.2) is 0 Å². The van der Waals surface area contributed by atoms with Crippen LogP contribution in [0.3, 0.4) is 0 Å². The molecule has 1 aromatic rings. The molecule has 0 amide bonds. The van der Waals surface area contributed by atoms with Crippen molar-refractivity contribution in [3.8, 4) is 11.5 Å². The van der Waals surface area contributed by atoms with Crippen molar-refractivity contribution in [3.63, 3.8) is 0 Å². The molecule has 1 fully saturated rings. The zero-order chi connectivity index (χ0) is 12.3. The number of benzene rings is 1. The first kappa shape index (κ1) is 12.0. The largest absolute Gasteiger partial charge is 0.504 e. The fraction of sp³-hybridized carbons (Fsp3) is 0.500. The quantitative estimate of drug-likeness (QED) is 0.657. The fourth-order valence-corrected chi connectivity index (χ4v) is 2.08. The number of aliphatic hydroxyl groups is 1. The molecule has 0 unspecified atom stereocenters. The second-order valence-electron chi connectivity index (χ2n) is 4.23. The summed E-state index contributed by atoms with van der Waals surface area (Å²) in [6.07, 6.45) is 0. The number of aromatic hydroxyl groups is 2. The van der Waals surface area contributed by atoms with Crippen LogP contribution in [0.25, 0.3) is 0 Å². The number of phenolic OH excluding ortho intramolecular Hbond substituents is 2. The van der Waals surface area contributed by atoms with Gasteiger partial charge in [-0.3, -0.25) is 4.90 Å². The Hall–Kier alpha value is -1.46. The van der Waals surface area contributed by atoms with Gasteiger partial charge in [0.15, 0.2) is 11.5 Å². The molecule has 0 aromatic heterocycles. The van der Waals surface area contributed by atoms with Crippen LogP contribution in [-0.4, -0.2) is 59.6 Å². The number of hydrogen-bond donors (Lipinski definition) is 3. The summed E-state index contributed by atoms with van der Waals surface area (Å²) in [5.74, 6) is -0.173. The Morgan fingerprint density at radius 3 is 2.29 bits per heavy atom. The van der Waals surface area contributed by atoms with Gasteiger partial charge in [0.2, 0.25) is 0 Å². The first-order valence-corrected chi connectivity index (χ1v) is 5.81. The molecule has 1 heterocycles. The second kappa shape index (κ2) is 5.25. The van der Waals surface area contributed by atoms with Gasteiger partial charge in [-0.15, -0.1) is 0 Å². The lowest BCUT2D eigenvalue weighted by Crippen LogP contribution is -2.47. The average Bonchev–Trinajstić information content (AvgIpc) is 2.34. The summed E-state index contributed by atoms with van der Waals surface area (Å²) in [6.45, 7) is 4.45. The fourth-order valence-electron chi connectivity index (χ4n) is 2.08. The van der Waals surface area contributed by atoms with Crippen LogP contribution in [0.15, 0.2) is 18.2 Å². The lowest BCUT2D eigenvalue weighted by atomic mass is 10.2. The second-order valence-corrected chi connectivity index (χ2v) is 4.23. The lowest BCUT2D eigenvalue weighted by molar-refractivity contribution is 0.189. The van der Waals surface area contributed by atoms with E-state index in [9.17, 15) is 10.2 Å². The number of aliphatic hydroxyl groups excluding tert-OH is 1. The Morgan fingerprint density at radius 1 is 1.00 bits per heavy atom. The molecular weight excluding hydrogens is 220 g/mol. The molecule has 1 aliphatic rings. The zero-order valence-corrected chi connectivity index (χ0v) is 9.71. The monoisotopic (exact) mass is 238 g/mol. The van der Waals surface area contributed by atoms with Gasteiger partial charge < -0.3 is 20.2 Å². The van der Waals surface area contributed by atoms with Crippen LogP contribution in [0, 0.1) is 0 Å². The van der Waals surface area contributed by atoms with E-state index in [1.807, 2.05) is 0 Å². The molecule has 5 heteroatoms. The molecule has 2 rings (SSSR count). The standard InChI is InChI=1S/C12H18N2O3/c15-8-7-13-3-5-14(6-4-13)10-1-2-11(16)12(17)9-10/h1-2,9,15-17H,3-8H2. The Bertz CT molecular complexity index is 376. The van der Waals surface area contributed by atoms with Crippen LogP contribution in [0.5, 0.6) is 11.5 Å². The molecular formula is C12H18N2O3. The van der Waals surface area contributed by atoms with Crippen molar-refractivity contribution >= 4 is 5.69 Å². The van der Waals surface area contributed by atoms with Crippen molar-refractivity contribution in [1.82, 2.24) is 4.90 Å². The first-order chi connectivity index (χ1) is 8.20. The molecule has 0 bridgehead atoms. The highest BCUT2D eigenvalue weighted by Crippen LogP contribution is 2.29. The van der Waals surface area contributed by atoms with E-state index < -0.39 is 0 Å². The summed E-state index contributed by atoms with van der Waals surface area (Å²) in [7, 11) is 0. The summed E-state index contributed by atoms with van der Waals surface area (Å²) in [5.41, 5.74) is 0.920. The van der Waals surface area contributed by atoms with Crippen LogP contribution < -0.4 is 4.90 Å². The third-order valence-corrected chi connectivity index (χ3v) is 3.11. The SMILES string of the molecule is OCCN1CCN(c2ccc(O)c(O)c2)CC1. The van der Waals surface area contributed by atoms with Crippen molar-refractivity contribution in [1.29, 1.82) is 0 Å². The van der Waals surface area contributed by atoms with E-state index in [1.54, 1.807) is 12.1 Å². The third kappa shape index (κ3) is 2.81. The van der Waals surface area contributed by atoms with E-state index in [2.05, 4.69) is 9.80 Å². The minimum absolute atomic E-state index is 0.0831. The Labute approximate surface area is 101 Å². The van der Waals surface area contributed by atoms with E-state index in [4.69, 9.17) is 5.11 Å². The molecule has 0 radical (unpaired) electrons. The molecule has 17 heavy (non-hydrogen) atoms. The average molecular weight is 238 g/mol. The Morgan fingerprint density at radius 2 is 1.71 bits per heavy atom. The zero-order valence-electron chi connectivity index (χ0n) is 9.71.